The normalized spacial score (nSPS) is 15.9. The van der Waals surface area contributed by atoms with Crippen molar-refractivity contribution >= 4 is 11.9 Å². The first-order valence-electron chi connectivity index (χ1n) is 10.1. The van der Waals surface area contributed by atoms with Crippen LogP contribution >= 0.6 is 0 Å². The molecule has 1 amide bonds. The molecule has 1 fully saturated rings. The lowest BCUT2D eigenvalue weighted by atomic mass is 10.1. The predicted octanol–water partition coefficient (Wildman–Crippen LogP) is 1.49. The van der Waals surface area contributed by atoms with Gasteiger partial charge in [0.1, 0.15) is 0 Å². The molecule has 0 radical (unpaired) electrons. The van der Waals surface area contributed by atoms with Crippen molar-refractivity contribution in [2.24, 2.45) is 4.99 Å². The van der Waals surface area contributed by atoms with Crippen molar-refractivity contribution in [1.82, 2.24) is 20.9 Å². The van der Waals surface area contributed by atoms with Gasteiger partial charge in [0.25, 0.3) is 0 Å². The maximum atomic E-state index is 12.0. The van der Waals surface area contributed by atoms with E-state index in [0.717, 1.165) is 39.4 Å². The molecule has 0 unspecified atom stereocenters. The summed E-state index contributed by atoms with van der Waals surface area (Å²) in [5.74, 6) is 0.596. The summed E-state index contributed by atoms with van der Waals surface area (Å²) in [5.41, 5.74) is 2.24. The number of nitrogens with zero attached hydrogens (tertiary/aromatic N) is 2. The van der Waals surface area contributed by atoms with E-state index in [2.05, 4.69) is 44.0 Å². The molecule has 0 aliphatic carbocycles. The number of hydrogen-bond donors (Lipinski definition) is 3. The number of rotatable bonds is 7. The molecule has 1 aromatic rings. The first-order valence-corrected chi connectivity index (χ1v) is 10.1. The van der Waals surface area contributed by atoms with Crippen LogP contribution < -0.4 is 16.0 Å². The lowest BCUT2D eigenvalue weighted by molar-refractivity contribution is -0.121. The number of amides is 1. The third-order valence-corrected chi connectivity index (χ3v) is 4.30. The van der Waals surface area contributed by atoms with Gasteiger partial charge < -0.3 is 20.7 Å². The van der Waals surface area contributed by atoms with E-state index in [-0.39, 0.29) is 18.0 Å². The summed E-state index contributed by atoms with van der Waals surface area (Å²) in [6, 6.07) is 8.40. The van der Waals surface area contributed by atoms with Crippen molar-refractivity contribution in [3.63, 3.8) is 0 Å². The lowest BCUT2D eigenvalue weighted by Gasteiger charge is -2.27. The number of morpholine rings is 1. The molecule has 2 rings (SSSR count). The second-order valence-corrected chi connectivity index (χ2v) is 8.00. The van der Waals surface area contributed by atoms with E-state index in [0.29, 0.717) is 12.5 Å². The van der Waals surface area contributed by atoms with Crippen LogP contribution in [-0.4, -0.2) is 61.7 Å². The molecule has 0 saturated carbocycles. The molecule has 7 heteroatoms. The van der Waals surface area contributed by atoms with E-state index in [1.807, 2.05) is 33.8 Å². The molecule has 3 N–H and O–H groups in total. The molecule has 1 saturated heterocycles. The third-order valence-electron chi connectivity index (χ3n) is 4.30. The summed E-state index contributed by atoms with van der Waals surface area (Å²) in [6.45, 7) is 13.8. The number of aliphatic imine (C=N–C) groups is 1. The second-order valence-electron chi connectivity index (χ2n) is 8.00. The summed E-state index contributed by atoms with van der Waals surface area (Å²) in [7, 11) is 0. The molecule has 0 atom stereocenters. The topological polar surface area (TPSA) is 78.0 Å². The van der Waals surface area contributed by atoms with Crippen LogP contribution in [0.25, 0.3) is 0 Å². The van der Waals surface area contributed by atoms with Gasteiger partial charge in [0, 0.05) is 31.7 Å². The van der Waals surface area contributed by atoms with Crippen LogP contribution in [0.4, 0.5) is 0 Å². The third kappa shape index (κ3) is 8.27. The molecule has 1 aromatic carbocycles. The Morgan fingerprint density at radius 3 is 2.46 bits per heavy atom. The molecule has 1 heterocycles. The Morgan fingerprint density at radius 1 is 1.14 bits per heavy atom. The Morgan fingerprint density at radius 2 is 1.82 bits per heavy atom. The maximum absolute atomic E-state index is 12.0. The van der Waals surface area contributed by atoms with Gasteiger partial charge in [-0.05, 0) is 38.8 Å². The fourth-order valence-corrected chi connectivity index (χ4v) is 3.00. The van der Waals surface area contributed by atoms with Crippen LogP contribution in [0.3, 0.4) is 0 Å². The highest BCUT2D eigenvalue weighted by Crippen LogP contribution is 2.14. The van der Waals surface area contributed by atoms with Gasteiger partial charge in [-0.15, -0.1) is 0 Å². The first kappa shape index (κ1) is 22.2. The summed E-state index contributed by atoms with van der Waals surface area (Å²) in [5, 5.41) is 9.26. The zero-order valence-electron chi connectivity index (χ0n) is 17.7. The highest BCUT2D eigenvalue weighted by molar-refractivity contribution is 5.86. The SMILES string of the molecule is CCNC(=NCc1ccccc1CN1CCOCC1)NCC(=O)NC(C)(C)C. The summed E-state index contributed by atoms with van der Waals surface area (Å²) >= 11 is 0. The molecular weight excluding hydrogens is 354 g/mol. The number of carbonyl (C=O) groups excluding carboxylic acids is 1. The number of benzene rings is 1. The Balaban J connectivity index is 1.97. The summed E-state index contributed by atoms with van der Waals surface area (Å²) < 4.78 is 5.44. The molecule has 7 nitrogen and oxygen atoms in total. The fraction of sp³-hybridized carbons (Fsp3) is 0.619. The van der Waals surface area contributed by atoms with Crippen molar-refractivity contribution < 1.29 is 9.53 Å². The zero-order chi connectivity index (χ0) is 20.4. The van der Waals surface area contributed by atoms with Gasteiger partial charge in [-0.25, -0.2) is 4.99 Å². The van der Waals surface area contributed by atoms with Crippen molar-refractivity contribution in [1.29, 1.82) is 0 Å². The van der Waals surface area contributed by atoms with Crippen LogP contribution in [0.1, 0.15) is 38.8 Å². The highest BCUT2D eigenvalue weighted by atomic mass is 16.5. The molecule has 1 aliphatic rings. The van der Waals surface area contributed by atoms with Crippen LogP contribution in [0, 0.1) is 0 Å². The predicted molar refractivity (Wildman–Crippen MR) is 113 cm³/mol. The van der Waals surface area contributed by atoms with Gasteiger partial charge >= 0.3 is 0 Å². The van der Waals surface area contributed by atoms with E-state index in [1.54, 1.807) is 0 Å². The van der Waals surface area contributed by atoms with Gasteiger partial charge in [-0.1, -0.05) is 24.3 Å². The minimum atomic E-state index is -0.243. The Labute approximate surface area is 168 Å². The van der Waals surface area contributed by atoms with Crippen molar-refractivity contribution in [3.05, 3.63) is 35.4 Å². The number of hydrogen-bond acceptors (Lipinski definition) is 4. The van der Waals surface area contributed by atoms with Crippen molar-refractivity contribution in [2.75, 3.05) is 39.4 Å². The second kappa shape index (κ2) is 11.0. The van der Waals surface area contributed by atoms with E-state index < -0.39 is 0 Å². The van der Waals surface area contributed by atoms with Gasteiger partial charge in [0.05, 0.1) is 26.3 Å². The van der Waals surface area contributed by atoms with Crippen molar-refractivity contribution in [3.8, 4) is 0 Å². The number of guanidine groups is 1. The standard InChI is InChI=1S/C21H35N5O2/c1-5-22-20(24-15-19(27)25-21(2,3)4)23-14-17-8-6-7-9-18(17)16-26-10-12-28-13-11-26/h6-9H,5,10-16H2,1-4H3,(H,25,27)(H2,22,23,24). The fourth-order valence-electron chi connectivity index (χ4n) is 3.00. The van der Waals surface area contributed by atoms with Crippen LogP contribution in [0.5, 0.6) is 0 Å². The minimum absolute atomic E-state index is 0.0502. The average molecular weight is 390 g/mol. The van der Waals surface area contributed by atoms with E-state index in [4.69, 9.17) is 4.74 Å². The van der Waals surface area contributed by atoms with Gasteiger partial charge in [-0.3, -0.25) is 9.69 Å². The molecule has 0 aromatic heterocycles. The number of carbonyl (C=O) groups is 1. The Bertz CT molecular complexity index is 648. The molecule has 1 aliphatic heterocycles. The lowest BCUT2D eigenvalue weighted by Crippen LogP contribution is -2.48. The maximum Gasteiger partial charge on any atom is 0.239 e. The molecule has 0 spiro atoms. The molecule has 0 bridgehead atoms. The van der Waals surface area contributed by atoms with Gasteiger partial charge in [-0.2, -0.15) is 0 Å². The zero-order valence-corrected chi connectivity index (χ0v) is 17.7. The monoisotopic (exact) mass is 389 g/mol. The summed E-state index contributed by atoms with van der Waals surface area (Å²) in [6.07, 6.45) is 0. The summed E-state index contributed by atoms with van der Waals surface area (Å²) in [4.78, 5) is 19.1. The first-order chi connectivity index (χ1) is 13.4. The van der Waals surface area contributed by atoms with Crippen LogP contribution in [-0.2, 0) is 22.6 Å². The number of nitrogens with one attached hydrogen (secondary N) is 3. The van der Waals surface area contributed by atoms with E-state index in [1.165, 1.54) is 11.1 Å². The highest BCUT2D eigenvalue weighted by Gasteiger charge is 2.14. The van der Waals surface area contributed by atoms with Gasteiger partial charge in [0.2, 0.25) is 5.91 Å². The largest absolute Gasteiger partial charge is 0.379 e. The minimum Gasteiger partial charge on any atom is -0.379 e. The average Bonchev–Trinajstić information content (AvgIpc) is 2.64. The molecular formula is C21H35N5O2. The quantitative estimate of drug-likeness (QED) is 0.486. The van der Waals surface area contributed by atoms with E-state index in [9.17, 15) is 4.79 Å². The van der Waals surface area contributed by atoms with E-state index >= 15 is 0 Å². The van der Waals surface area contributed by atoms with Crippen molar-refractivity contribution in [2.45, 2.75) is 46.3 Å². The van der Waals surface area contributed by atoms with Crippen LogP contribution in [0.15, 0.2) is 29.3 Å². The number of ether oxygens (including phenoxy) is 1. The van der Waals surface area contributed by atoms with Crippen LogP contribution in [0.2, 0.25) is 0 Å². The van der Waals surface area contributed by atoms with Gasteiger partial charge in [0.15, 0.2) is 5.96 Å². The Kier molecular flexibility index (Phi) is 8.73. The molecule has 28 heavy (non-hydrogen) atoms. The molecule has 156 valence electrons. The smallest absolute Gasteiger partial charge is 0.239 e. The Hall–Kier alpha value is -2.12.